The van der Waals surface area contributed by atoms with E-state index in [4.69, 9.17) is 0 Å². The number of aromatic nitrogens is 1. The molecule has 6 heteroatoms. The van der Waals surface area contributed by atoms with Crippen molar-refractivity contribution in [2.45, 2.75) is 0 Å². The molecular weight excluding hydrogens is 308 g/mol. The predicted molar refractivity (Wildman–Crippen MR) is 90.3 cm³/mol. The molecule has 120 valence electrons. The molecule has 0 bridgehead atoms. The number of anilines is 1. The number of carbonyl (C=O) groups is 2. The molecule has 3 rings (SSSR count). The van der Waals surface area contributed by atoms with Gasteiger partial charge in [-0.15, -0.1) is 0 Å². The molecule has 0 aliphatic carbocycles. The van der Waals surface area contributed by atoms with Crippen molar-refractivity contribution in [3.05, 3.63) is 76.2 Å². The number of nitrogens with one attached hydrogen (secondary N) is 2. The van der Waals surface area contributed by atoms with Gasteiger partial charge in [-0.25, -0.2) is 4.79 Å². The van der Waals surface area contributed by atoms with E-state index in [2.05, 4.69) is 15.0 Å². The van der Waals surface area contributed by atoms with Gasteiger partial charge in [-0.1, -0.05) is 24.3 Å². The Morgan fingerprint density at radius 3 is 2.62 bits per heavy atom. The molecule has 0 atom stereocenters. The number of amides is 1. The molecule has 0 spiro atoms. The van der Waals surface area contributed by atoms with Crippen LogP contribution < -0.4 is 10.9 Å². The van der Waals surface area contributed by atoms with Crippen molar-refractivity contribution >= 4 is 28.3 Å². The number of ether oxygens (including phenoxy) is 1. The van der Waals surface area contributed by atoms with E-state index in [-0.39, 0.29) is 11.3 Å². The first kappa shape index (κ1) is 15.5. The molecule has 2 N–H and O–H groups in total. The molecule has 24 heavy (non-hydrogen) atoms. The highest BCUT2D eigenvalue weighted by Gasteiger charge is 2.11. The molecule has 0 radical (unpaired) electrons. The maximum atomic E-state index is 12.4. The minimum absolute atomic E-state index is 0.141. The van der Waals surface area contributed by atoms with Crippen molar-refractivity contribution in [3.8, 4) is 0 Å². The van der Waals surface area contributed by atoms with E-state index in [1.165, 1.54) is 13.2 Å². The SMILES string of the molecule is COC(=O)c1cccc(NC(=O)c2cc3ccccc3c(=O)[nH]2)c1. The highest BCUT2D eigenvalue weighted by molar-refractivity contribution is 6.05. The van der Waals surface area contributed by atoms with Crippen molar-refractivity contribution in [2.24, 2.45) is 0 Å². The molecule has 3 aromatic rings. The van der Waals surface area contributed by atoms with Crippen LogP contribution in [0.2, 0.25) is 0 Å². The fourth-order valence-electron chi connectivity index (χ4n) is 2.37. The van der Waals surface area contributed by atoms with Crippen LogP contribution in [0.3, 0.4) is 0 Å². The zero-order valence-corrected chi connectivity index (χ0v) is 12.8. The van der Waals surface area contributed by atoms with Gasteiger partial charge in [0.25, 0.3) is 11.5 Å². The van der Waals surface area contributed by atoms with E-state index >= 15 is 0 Å². The van der Waals surface area contributed by atoms with Gasteiger partial charge in [0.2, 0.25) is 0 Å². The summed E-state index contributed by atoms with van der Waals surface area (Å²) in [4.78, 5) is 38.5. The second-order valence-corrected chi connectivity index (χ2v) is 5.13. The van der Waals surface area contributed by atoms with Crippen molar-refractivity contribution in [1.82, 2.24) is 4.98 Å². The number of aromatic amines is 1. The summed E-state index contributed by atoms with van der Waals surface area (Å²) in [7, 11) is 1.29. The normalized spacial score (nSPS) is 10.4. The smallest absolute Gasteiger partial charge is 0.337 e. The molecule has 0 saturated heterocycles. The Balaban J connectivity index is 1.90. The molecule has 0 unspecified atom stereocenters. The zero-order valence-electron chi connectivity index (χ0n) is 12.8. The number of pyridine rings is 1. The Morgan fingerprint density at radius 2 is 1.83 bits per heavy atom. The molecule has 1 amide bonds. The van der Waals surface area contributed by atoms with Crippen LogP contribution in [0.5, 0.6) is 0 Å². The minimum Gasteiger partial charge on any atom is -0.465 e. The zero-order chi connectivity index (χ0) is 17.1. The third kappa shape index (κ3) is 3.03. The van der Waals surface area contributed by atoms with Gasteiger partial charge in [0.15, 0.2) is 0 Å². The van der Waals surface area contributed by atoms with Crippen molar-refractivity contribution < 1.29 is 14.3 Å². The summed E-state index contributed by atoms with van der Waals surface area (Å²) in [5.74, 6) is -0.968. The van der Waals surface area contributed by atoms with Gasteiger partial charge < -0.3 is 15.0 Å². The molecule has 0 fully saturated rings. The number of hydrogen-bond acceptors (Lipinski definition) is 4. The number of fused-ring (bicyclic) bond motifs is 1. The van der Waals surface area contributed by atoms with Crippen LogP contribution in [0, 0.1) is 0 Å². The van der Waals surface area contributed by atoms with E-state index < -0.39 is 11.9 Å². The highest BCUT2D eigenvalue weighted by Crippen LogP contribution is 2.14. The standard InChI is InChI=1S/C18H14N2O4/c1-24-18(23)12-6-4-7-13(9-12)19-17(22)15-10-11-5-2-3-8-14(11)16(21)20-15/h2-10H,1H3,(H,19,22)(H,20,21). The molecule has 1 heterocycles. The fraction of sp³-hybridized carbons (Fsp3) is 0.0556. The third-order valence-corrected chi connectivity index (χ3v) is 3.54. The van der Waals surface area contributed by atoms with Gasteiger partial charge in [-0.05, 0) is 35.7 Å². The van der Waals surface area contributed by atoms with Crippen LogP contribution in [0.4, 0.5) is 5.69 Å². The largest absolute Gasteiger partial charge is 0.465 e. The number of methoxy groups -OCH3 is 1. The van der Waals surface area contributed by atoms with Crippen LogP contribution in [0.1, 0.15) is 20.8 Å². The lowest BCUT2D eigenvalue weighted by Gasteiger charge is -2.07. The predicted octanol–water partition coefficient (Wildman–Crippen LogP) is 2.57. The van der Waals surface area contributed by atoms with Crippen LogP contribution >= 0.6 is 0 Å². The van der Waals surface area contributed by atoms with E-state index in [0.29, 0.717) is 22.0 Å². The lowest BCUT2D eigenvalue weighted by atomic mass is 10.1. The first-order valence-corrected chi connectivity index (χ1v) is 7.20. The Labute approximate surface area is 137 Å². The quantitative estimate of drug-likeness (QED) is 0.725. The molecular formula is C18H14N2O4. The summed E-state index contributed by atoms with van der Waals surface area (Å²) < 4.78 is 4.65. The molecule has 6 nitrogen and oxygen atoms in total. The number of hydrogen-bond donors (Lipinski definition) is 2. The van der Waals surface area contributed by atoms with E-state index in [9.17, 15) is 14.4 Å². The lowest BCUT2D eigenvalue weighted by molar-refractivity contribution is 0.0600. The van der Waals surface area contributed by atoms with Gasteiger partial charge in [0.1, 0.15) is 5.69 Å². The second-order valence-electron chi connectivity index (χ2n) is 5.13. The fourth-order valence-corrected chi connectivity index (χ4v) is 2.37. The highest BCUT2D eigenvalue weighted by atomic mass is 16.5. The van der Waals surface area contributed by atoms with Gasteiger partial charge in [0.05, 0.1) is 12.7 Å². The maximum absolute atomic E-state index is 12.4. The van der Waals surface area contributed by atoms with Crippen LogP contribution in [-0.4, -0.2) is 24.0 Å². The average molecular weight is 322 g/mol. The number of esters is 1. The molecule has 0 aliphatic heterocycles. The monoisotopic (exact) mass is 322 g/mol. The maximum Gasteiger partial charge on any atom is 0.337 e. The van der Waals surface area contributed by atoms with Crippen LogP contribution in [0.15, 0.2) is 59.4 Å². The van der Waals surface area contributed by atoms with E-state index in [1.807, 2.05) is 0 Å². The van der Waals surface area contributed by atoms with Gasteiger partial charge in [-0.2, -0.15) is 0 Å². The van der Waals surface area contributed by atoms with E-state index in [1.54, 1.807) is 48.5 Å². The summed E-state index contributed by atoms with van der Waals surface area (Å²) in [5.41, 5.74) is 0.558. The Kier molecular flexibility index (Phi) is 4.11. The summed E-state index contributed by atoms with van der Waals surface area (Å²) in [6.45, 7) is 0. The number of rotatable bonds is 3. The molecule has 0 saturated carbocycles. The Morgan fingerprint density at radius 1 is 1.04 bits per heavy atom. The van der Waals surface area contributed by atoms with Crippen molar-refractivity contribution in [2.75, 3.05) is 12.4 Å². The first-order chi connectivity index (χ1) is 11.6. The molecule has 1 aromatic heterocycles. The average Bonchev–Trinajstić information content (AvgIpc) is 2.61. The first-order valence-electron chi connectivity index (χ1n) is 7.20. The van der Waals surface area contributed by atoms with Crippen LogP contribution in [0.25, 0.3) is 10.8 Å². The number of H-pyrrole nitrogens is 1. The van der Waals surface area contributed by atoms with Crippen molar-refractivity contribution in [3.63, 3.8) is 0 Å². The second kappa shape index (κ2) is 6.37. The number of benzene rings is 2. The summed E-state index contributed by atoms with van der Waals surface area (Å²) in [6.07, 6.45) is 0. The Bertz CT molecular complexity index is 991. The minimum atomic E-state index is -0.495. The summed E-state index contributed by atoms with van der Waals surface area (Å²) >= 11 is 0. The van der Waals surface area contributed by atoms with Gasteiger partial charge in [0, 0.05) is 11.1 Å². The summed E-state index contributed by atoms with van der Waals surface area (Å²) in [6, 6.07) is 15.0. The van der Waals surface area contributed by atoms with Crippen molar-refractivity contribution in [1.29, 1.82) is 0 Å². The number of carbonyl (C=O) groups excluding carboxylic acids is 2. The third-order valence-electron chi connectivity index (χ3n) is 3.54. The Hall–Kier alpha value is -3.41. The van der Waals surface area contributed by atoms with E-state index in [0.717, 1.165) is 0 Å². The topological polar surface area (TPSA) is 88.3 Å². The van der Waals surface area contributed by atoms with Crippen LogP contribution in [-0.2, 0) is 4.74 Å². The van der Waals surface area contributed by atoms with Gasteiger partial charge in [-0.3, -0.25) is 9.59 Å². The lowest BCUT2D eigenvalue weighted by Crippen LogP contribution is -2.19. The molecule has 2 aromatic carbocycles. The summed E-state index contributed by atoms with van der Waals surface area (Å²) in [5, 5.41) is 3.84. The van der Waals surface area contributed by atoms with Gasteiger partial charge >= 0.3 is 5.97 Å². The molecule has 0 aliphatic rings.